The third-order valence-corrected chi connectivity index (χ3v) is 4.65. The number of aromatic nitrogens is 3. The van der Waals surface area contributed by atoms with E-state index in [4.69, 9.17) is 0 Å². The van der Waals surface area contributed by atoms with E-state index in [9.17, 15) is 9.59 Å². The van der Waals surface area contributed by atoms with E-state index in [1.807, 2.05) is 18.2 Å². The molecule has 4 rings (SSSR count). The zero-order valence-corrected chi connectivity index (χ0v) is 13.7. The van der Waals surface area contributed by atoms with Crippen LogP contribution in [-0.2, 0) is 0 Å². The summed E-state index contributed by atoms with van der Waals surface area (Å²) in [6.07, 6.45) is 4.92. The van der Waals surface area contributed by atoms with E-state index in [1.165, 1.54) is 0 Å². The van der Waals surface area contributed by atoms with Gasteiger partial charge in [0, 0.05) is 19.3 Å². The Hall–Kier alpha value is -3.02. The number of likely N-dealkylation sites (tertiary alicyclic amines) is 1. The van der Waals surface area contributed by atoms with Gasteiger partial charge in [-0.15, -0.1) is 0 Å². The van der Waals surface area contributed by atoms with Crippen LogP contribution in [0, 0.1) is 0 Å². The summed E-state index contributed by atoms with van der Waals surface area (Å²) in [5.41, 5.74) is 1.08. The normalized spacial score (nSPS) is 17.6. The first-order chi connectivity index (χ1) is 12.2. The van der Waals surface area contributed by atoms with Crippen LogP contribution in [0.5, 0.6) is 0 Å². The zero-order valence-electron chi connectivity index (χ0n) is 13.7. The van der Waals surface area contributed by atoms with Crippen molar-refractivity contribution in [3.8, 4) is 0 Å². The number of pyridine rings is 1. The Balaban J connectivity index is 1.63. The fourth-order valence-electron chi connectivity index (χ4n) is 3.36. The number of hydrogen-bond acceptors (Lipinski definition) is 4. The molecular weight excluding hydrogens is 316 g/mol. The summed E-state index contributed by atoms with van der Waals surface area (Å²) in [5.74, 6) is -0.0907. The molecule has 2 aromatic heterocycles. The van der Waals surface area contributed by atoms with Crippen molar-refractivity contribution in [2.45, 2.75) is 18.9 Å². The highest BCUT2D eigenvalue weighted by atomic mass is 16.2. The van der Waals surface area contributed by atoms with Gasteiger partial charge < -0.3 is 4.90 Å². The van der Waals surface area contributed by atoms with Gasteiger partial charge in [0.2, 0.25) is 0 Å². The van der Waals surface area contributed by atoms with Crippen LogP contribution in [0.25, 0.3) is 10.9 Å². The Labute approximate surface area is 144 Å². The molecular formula is C19H18N4O2. The molecule has 6 nitrogen and oxygen atoms in total. The molecule has 1 aliphatic heterocycles. The summed E-state index contributed by atoms with van der Waals surface area (Å²) in [6.45, 7) is 1.18. The average Bonchev–Trinajstić information content (AvgIpc) is 2.69. The second-order valence-corrected chi connectivity index (χ2v) is 6.24. The van der Waals surface area contributed by atoms with Gasteiger partial charge in [-0.1, -0.05) is 18.2 Å². The van der Waals surface area contributed by atoms with Crippen LogP contribution in [0.1, 0.15) is 29.4 Å². The number of hydrogen-bond donors (Lipinski definition) is 0. The van der Waals surface area contributed by atoms with Crippen LogP contribution >= 0.6 is 0 Å². The summed E-state index contributed by atoms with van der Waals surface area (Å²) >= 11 is 0. The minimum absolute atomic E-state index is 0.0530. The Morgan fingerprint density at radius 1 is 1.08 bits per heavy atom. The second kappa shape index (κ2) is 6.47. The van der Waals surface area contributed by atoms with E-state index in [0.717, 1.165) is 12.8 Å². The molecule has 1 atom stereocenters. The number of rotatable bonds is 2. The Bertz CT molecular complexity index is 968. The third kappa shape index (κ3) is 2.91. The number of nitrogens with zero attached hydrogens (tertiary/aromatic N) is 4. The summed E-state index contributed by atoms with van der Waals surface area (Å²) in [5, 5.41) is 0.609. The summed E-state index contributed by atoms with van der Waals surface area (Å²) in [6, 6.07) is 12.6. The van der Waals surface area contributed by atoms with Gasteiger partial charge in [0.1, 0.15) is 5.69 Å². The van der Waals surface area contributed by atoms with Crippen molar-refractivity contribution < 1.29 is 4.79 Å². The summed E-state index contributed by atoms with van der Waals surface area (Å²) in [7, 11) is 0. The van der Waals surface area contributed by atoms with E-state index in [0.29, 0.717) is 29.7 Å². The lowest BCUT2D eigenvalue weighted by molar-refractivity contribution is 0.0671. The van der Waals surface area contributed by atoms with Crippen LogP contribution in [0.4, 0.5) is 0 Å². The first-order valence-corrected chi connectivity index (χ1v) is 8.40. The van der Waals surface area contributed by atoms with Crippen molar-refractivity contribution in [1.29, 1.82) is 0 Å². The van der Waals surface area contributed by atoms with Crippen molar-refractivity contribution in [1.82, 2.24) is 19.4 Å². The molecule has 1 aromatic carbocycles. The van der Waals surface area contributed by atoms with Gasteiger partial charge in [0.05, 0.1) is 23.3 Å². The largest absolute Gasteiger partial charge is 0.335 e. The van der Waals surface area contributed by atoms with Gasteiger partial charge in [0.25, 0.3) is 11.5 Å². The Kier molecular flexibility index (Phi) is 4.01. The molecule has 1 saturated heterocycles. The maximum absolute atomic E-state index is 12.8. The van der Waals surface area contributed by atoms with E-state index in [2.05, 4.69) is 9.97 Å². The lowest BCUT2D eigenvalue weighted by Gasteiger charge is -2.33. The second-order valence-electron chi connectivity index (χ2n) is 6.24. The minimum atomic E-state index is -0.0907. The standard InChI is InChI=1S/C19H18N4O2/c24-18-15-7-1-2-8-16(15)21-13-23(18)14-6-5-11-22(12-14)19(25)17-9-3-4-10-20-17/h1-4,7-10,13-14H,5-6,11-12H2. The molecule has 0 aliphatic carbocycles. The lowest BCUT2D eigenvalue weighted by Crippen LogP contribution is -2.43. The molecule has 126 valence electrons. The van der Waals surface area contributed by atoms with Gasteiger partial charge in [-0.2, -0.15) is 0 Å². The molecule has 0 bridgehead atoms. The number of para-hydroxylation sites is 1. The monoisotopic (exact) mass is 334 g/mol. The predicted molar refractivity (Wildman–Crippen MR) is 94.4 cm³/mol. The maximum Gasteiger partial charge on any atom is 0.272 e. The van der Waals surface area contributed by atoms with Crippen LogP contribution < -0.4 is 5.56 Å². The number of fused-ring (bicyclic) bond motifs is 1. The van der Waals surface area contributed by atoms with Gasteiger partial charge in [-0.25, -0.2) is 4.98 Å². The molecule has 3 heterocycles. The highest BCUT2D eigenvalue weighted by molar-refractivity contribution is 5.92. The zero-order chi connectivity index (χ0) is 17.2. The van der Waals surface area contributed by atoms with E-state index < -0.39 is 0 Å². The SMILES string of the molecule is O=C(c1ccccn1)N1CCCC(n2cnc3ccccc3c2=O)C1. The number of benzene rings is 1. The minimum Gasteiger partial charge on any atom is -0.335 e. The highest BCUT2D eigenvalue weighted by Crippen LogP contribution is 2.22. The fraction of sp³-hybridized carbons (Fsp3) is 0.263. The average molecular weight is 334 g/mol. The van der Waals surface area contributed by atoms with Crippen LogP contribution in [0.15, 0.2) is 59.8 Å². The third-order valence-electron chi connectivity index (χ3n) is 4.65. The molecule has 0 N–H and O–H groups in total. The first kappa shape index (κ1) is 15.5. The molecule has 1 aliphatic rings. The number of amides is 1. The predicted octanol–water partition coefficient (Wildman–Crippen LogP) is 2.27. The molecule has 3 aromatic rings. The first-order valence-electron chi connectivity index (χ1n) is 8.40. The maximum atomic E-state index is 12.8. The number of carbonyl (C=O) groups excluding carboxylic acids is 1. The van der Waals surface area contributed by atoms with E-state index in [-0.39, 0.29) is 17.5 Å². The van der Waals surface area contributed by atoms with Gasteiger partial charge in [-0.05, 0) is 37.1 Å². The topological polar surface area (TPSA) is 68.1 Å². The molecule has 1 fully saturated rings. The molecule has 6 heteroatoms. The van der Waals surface area contributed by atoms with Crippen LogP contribution in [0.2, 0.25) is 0 Å². The molecule has 0 saturated carbocycles. The van der Waals surface area contributed by atoms with Gasteiger partial charge >= 0.3 is 0 Å². The molecule has 1 amide bonds. The van der Waals surface area contributed by atoms with E-state index in [1.54, 1.807) is 46.3 Å². The highest BCUT2D eigenvalue weighted by Gasteiger charge is 2.27. The van der Waals surface area contributed by atoms with Gasteiger partial charge in [-0.3, -0.25) is 19.1 Å². The van der Waals surface area contributed by atoms with Crippen molar-refractivity contribution in [2.75, 3.05) is 13.1 Å². The molecule has 0 radical (unpaired) electrons. The fourth-order valence-corrected chi connectivity index (χ4v) is 3.36. The van der Waals surface area contributed by atoms with Crippen LogP contribution in [-0.4, -0.2) is 38.4 Å². The quantitative estimate of drug-likeness (QED) is 0.721. The summed E-state index contributed by atoms with van der Waals surface area (Å²) in [4.78, 5) is 35.7. The van der Waals surface area contributed by atoms with Crippen LogP contribution in [0.3, 0.4) is 0 Å². The smallest absolute Gasteiger partial charge is 0.272 e. The summed E-state index contributed by atoms with van der Waals surface area (Å²) < 4.78 is 1.67. The van der Waals surface area contributed by atoms with E-state index >= 15 is 0 Å². The molecule has 1 unspecified atom stereocenters. The molecule has 0 spiro atoms. The Morgan fingerprint density at radius 2 is 1.92 bits per heavy atom. The van der Waals surface area contributed by atoms with Crippen molar-refractivity contribution in [3.05, 3.63) is 71.0 Å². The van der Waals surface area contributed by atoms with Crippen molar-refractivity contribution in [2.24, 2.45) is 0 Å². The number of carbonyl (C=O) groups is 1. The molecule has 25 heavy (non-hydrogen) atoms. The van der Waals surface area contributed by atoms with Crippen molar-refractivity contribution >= 4 is 16.8 Å². The lowest BCUT2D eigenvalue weighted by atomic mass is 10.0. The van der Waals surface area contributed by atoms with Gasteiger partial charge in [0.15, 0.2) is 0 Å². The Morgan fingerprint density at radius 3 is 2.76 bits per heavy atom. The number of piperidine rings is 1. The van der Waals surface area contributed by atoms with Crippen molar-refractivity contribution in [3.63, 3.8) is 0 Å².